The molecule has 0 spiro atoms. The Kier molecular flexibility index (Phi) is 3.70. The van der Waals surface area contributed by atoms with Gasteiger partial charge in [0.15, 0.2) is 5.67 Å². The molecule has 0 aromatic heterocycles. The minimum atomic E-state index is -3.31. The van der Waals surface area contributed by atoms with Gasteiger partial charge in [0.25, 0.3) is 5.91 Å². The van der Waals surface area contributed by atoms with Crippen molar-refractivity contribution in [2.24, 2.45) is 0 Å². The summed E-state index contributed by atoms with van der Waals surface area (Å²) in [6, 6.07) is -0.365. The number of morpholine rings is 1. The van der Waals surface area contributed by atoms with E-state index in [2.05, 4.69) is 0 Å². The summed E-state index contributed by atoms with van der Waals surface area (Å²) in [5.74, 6) is -0.462. The molecule has 1 amide bonds. The predicted octanol–water partition coefficient (Wildman–Crippen LogP) is 0.672. The number of amides is 1. The molecular weight excluding hydrogens is 323 g/mol. The van der Waals surface area contributed by atoms with Crippen molar-refractivity contribution in [3.63, 3.8) is 0 Å². The monoisotopic (exact) mass is 346 g/mol. The molecule has 0 bridgehead atoms. The lowest BCUT2D eigenvalue weighted by atomic mass is 9.80. The highest BCUT2D eigenvalue weighted by Crippen LogP contribution is 2.39. The smallest absolute Gasteiger partial charge is 0.260 e. The first-order valence-corrected chi connectivity index (χ1v) is 10.0. The topological polar surface area (TPSA) is 66.9 Å². The lowest BCUT2D eigenvalue weighted by molar-refractivity contribution is -0.156. The molecule has 4 fully saturated rings. The number of hydrogen-bond acceptors (Lipinski definition) is 4. The average molecular weight is 346 g/mol. The van der Waals surface area contributed by atoms with Crippen LogP contribution in [0.5, 0.6) is 0 Å². The molecule has 130 valence electrons. The van der Waals surface area contributed by atoms with Crippen molar-refractivity contribution in [2.75, 3.05) is 26.2 Å². The number of nitrogens with zero attached hydrogens (tertiary/aromatic N) is 2. The van der Waals surface area contributed by atoms with Gasteiger partial charge in [0, 0.05) is 19.6 Å². The predicted molar refractivity (Wildman–Crippen MR) is 81.1 cm³/mol. The van der Waals surface area contributed by atoms with Crippen molar-refractivity contribution in [3.8, 4) is 0 Å². The van der Waals surface area contributed by atoms with Crippen LogP contribution in [0.25, 0.3) is 0 Å². The second kappa shape index (κ2) is 5.39. The van der Waals surface area contributed by atoms with Crippen molar-refractivity contribution in [2.45, 2.75) is 61.6 Å². The van der Waals surface area contributed by atoms with Crippen molar-refractivity contribution in [3.05, 3.63) is 0 Å². The van der Waals surface area contributed by atoms with Gasteiger partial charge < -0.3 is 9.64 Å². The number of hydrogen-bond donors (Lipinski definition) is 0. The maximum Gasteiger partial charge on any atom is 0.260 e. The third kappa shape index (κ3) is 2.59. The summed E-state index contributed by atoms with van der Waals surface area (Å²) in [7, 11) is -3.31. The summed E-state index contributed by atoms with van der Waals surface area (Å²) in [5, 5.41) is -0.272. The average Bonchev–Trinajstić information content (AvgIpc) is 3.36. The fourth-order valence-electron chi connectivity index (χ4n) is 3.88. The second-order valence-electron chi connectivity index (χ2n) is 7.19. The van der Waals surface area contributed by atoms with E-state index in [9.17, 15) is 17.6 Å². The maximum absolute atomic E-state index is 14.4. The molecule has 6 nitrogen and oxygen atoms in total. The van der Waals surface area contributed by atoms with E-state index < -0.39 is 21.6 Å². The summed E-state index contributed by atoms with van der Waals surface area (Å²) in [4.78, 5) is 13.9. The van der Waals surface area contributed by atoms with Crippen LogP contribution in [0.15, 0.2) is 0 Å². The highest BCUT2D eigenvalue weighted by molar-refractivity contribution is 7.90. The number of likely N-dealkylation sites (tertiary alicyclic amines) is 1. The molecule has 4 aliphatic rings. The summed E-state index contributed by atoms with van der Waals surface area (Å²) < 4.78 is 47.0. The van der Waals surface area contributed by atoms with E-state index in [1.54, 1.807) is 0 Å². The van der Waals surface area contributed by atoms with Crippen LogP contribution in [0.4, 0.5) is 4.39 Å². The summed E-state index contributed by atoms with van der Waals surface area (Å²) >= 11 is 0. The minimum absolute atomic E-state index is 0.182. The number of alkyl halides is 1. The summed E-state index contributed by atoms with van der Waals surface area (Å²) in [6.07, 6.45) is 3.14. The fourth-order valence-corrected chi connectivity index (χ4v) is 5.91. The van der Waals surface area contributed by atoms with Crippen molar-refractivity contribution < 1.29 is 22.3 Å². The number of carbonyl (C=O) groups excluding carboxylic acids is 1. The quantitative estimate of drug-likeness (QED) is 0.753. The maximum atomic E-state index is 14.4. The molecule has 0 radical (unpaired) electrons. The molecule has 2 aliphatic carbocycles. The van der Waals surface area contributed by atoms with Gasteiger partial charge >= 0.3 is 0 Å². The molecule has 4 rings (SSSR count). The van der Waals surface area contributed by atoms with E-state index in [0.717, 1.165) is 6.42 Å². The SMILES string of the molecule is O=C(N1CC[C@@H]2OCCN(S(=O)(=O)C3CC3)[C@H]2C1)C1(F)CCC1. The Labute approximate surface area is 136 Å². The van der Waals surface area contributed by atoms with Gasteiger partial charge in [0.05, 0.1) is 24.0 Å². The number of halogens is 1. The Morgan fingerprint density at radius 2 is 1.91 bits per heavy atom. The van der Waals surface area contributed by atoms with Crippen molar-refractivity contribution in [1.29, 1.82) is 0 Å². The van der Waals surface area contributed by atoms with Crippen LogP contribution in [0, 0.1) is 0 Å². The van der Waals surface area contributed by atoms with Crippen LogP contribution >= 0.6 is 0 Å². The van der Waals surface area contributed by atoms with Crippen LogP contribution < -0.4 is 0 Å². The highest BCUT2D eigenvalue weighted by atomic mass is 32.2. The Morgan fingerprint density at radius 3 is 2.52 bits per heavy atom. The first-order chi connectivity index (χ1) is 10.9. The molecule has 23 heavy (non-hydrogen) atoms. The van der Waals surface area contributed by atoms with Crippen molar-refractivity contribution >= 4 is 15.9 Å². The molecule has 0 unspecified atom stereocenters. The largest absolute Gasteiger partial charge is 0.375 e. The lowest BCUT2D eigenvalue weighted by Crippen LogP contribution is -2.64. The van der Waals surface area contributed by atoms with Gasteiger partial charge in [0.2, 0.25) is 10.0 Å². The van der Waals surface area contributed by atoms with Gasteiger partial charge in [-0.25, -0.2) is 12.8 Å². The second-order valence-corrected chi connectivity index (χ2v) is 9.36. The lowest BCUT2D eigenvalue weighted by Gasteiger charge is -2.48. The van der Waals surface area contributed by atoms with Crippen LogP contribution in [-0.4, -0.2) is 72.8 Å². The third-order valence-corrected chi connectivity index (χ3v) is 8.04. The van der Waals surface area contributed by atoms with Gasteiger partial charge in [-0.15, -0.1) is 0 Å². The first-order valence-electron chi connectivity index (χ1n) is 8.52. The normalized spacial score (nSPS) is 34.6. The van der Waals surface area contributed by atoms with E-state index in [1.165, 1.54) is 9.21 Å². The molecule has 2 atom stereocenters. The van der Waals surface area contributed by atoms with Crippen LogP contribution in [0.3, 0.4) is 0 Å². The van der Waals surface area contributed by atoms with E-state index >= 15 is 0 Å². The third-order valence-electron chi connectivity index (χ3n) is 5.62. The van der Waals surface area contributed by atoms with Gasteiger partial charge in [-0.2, -0.15) is 4.31 Å². The van der Waals surface area contributed by atoms with Crippen molar-refractivity contribution in [1.82, 2.24) is 9.21 Å². The van der Waals surface area contributed by atoms with Gasteiger partial charge in [-0.05, 0) is 38.5 Å². The number of ether oxygens (including phenoxy) is 1. The number of rotatable bonds is 3. The van der Waals surface area contributed by atoms with Gasteiger partial charge in [0.1, 0.15) is 0 Å². The minimum Gasteiger partial charge on any atom is -0.375 e. The number of fused-ring (bicyclic) bond motifs is 1. The van der Waals surface area contributed by atoms with Crippen LogP contribution in [0.1, 0.15) is 38.5 Å². The zero-order chi connectivity index (χ0) is 16.2. The number of sulfonamides is 1. The Hall–Kier alpha value is -0.730. The number of carbonyl (C=O) groups is 1. The fraction of sp³-hybridized carbons (Fsp3) is 0.933. The van der Waals surface area contributed by atoms with Gasteiger partial charge in [-0.3, -0.25) is 4.79 Å². The standard InChI is InChI=1S/C15H23FN2O4S/c16-15(5-1-6-15)14(19)17-7-4-13-12(10-17)18(8-9-22-13)23(20,21)11-2-3-11/h11-13H,1-10H2/t12-,13-/m0/s1. The summed E-state index contributed by atoms with van der Waals surface area (Å²) in [5.41, 5.74) is -1.72. The molecule has 0 N–H and O–H groups in total. The van der Waals surface area contributed by atoms with Crippen LogP contribution in [-0.2, 0) is 19.6 Å². The molecule has 2 saturated carbocycles. The zero-order valence-electron chi connectivity index (χ0n) is 13.1. The molecule has 2 aliphatic heterocycles. The van der Waals surface area contributed by atoms with Crippen LogP contribution in [0.2, 0.25) is 0 Å². The van der Waals surface area contributed by atoms with E-state index in [-0.39, 0.29) is 36.8 Å². The molecule has 8 heteroatoms. The molecule has 0 aromatic rings. The Balaban J connectivity index is 1.53. The molecule has 2 heterocycles. The number of piperidine rings is 1. The highest BCUT2D eigenvalue weighted by Gasteiger charge is 2.52. The molecule has 0 aromatic carbocycles. The Bertz CT molecular complexity index is 603. The zero-order valence-corrected chi connectivity index (χ0v) is 13.9. The van der Waals surface area contributed by atoms with E-state index in [1.807, 2.05) is 0 Å². The summed E-state index contributed by atoms with van der Waals surface area (Å²) in [6.45, 7) is 1.43. The van der Waals surface area contributed by atoms with E-state index in [0.29, 0.717) is 39.0 Å². The van der Waals surface area contributed by atoms with Gasteiger partial charge in [-0.1, -0.05) is 0 Å². The Morgan fingerprint density at radius 1 is 1.17 bits per heavy atom. The molecule has 2 saturated heterocycles. The molecular formula is C15H23FN2O4S. The first kappa shape index (κ1) is 15.8. The van der Waals surface area contributed by atoms with E-state index in [4.69, 9.17) is 4.74 Å².